The highest BCUT2D eigenvalue weighted by molar-refractivity contribution is 5.81. The zero-order valence-corrected chi connectivity index (χ0v) is 22.7. The maximum absolute atomic E-state index is 12.8. The molecule has 0 heterocycles. The van der Waals surface area contributed by atoms with E-state index in [0.29, 0.717) is 24.7 Å². The highest BCUT2D eigenvalue weighted by Crippen LogP contribution is 2.74. The van der Waals surface area contributed by atoms with Gasteiger partial charge in [-0.25, -0.2) is 0 Å². The minimum absolute atomic E-state index is 0.0414. The normalized spacial score (nSPS) is 52.1. The van der Waals surface area contributed by atoms with Crippen LogP contribution in [0.4, 0.5) is 0 Å². The van der Waals surface area contributed by atoms with Crippen LogP contribution >= 0.6 is 0 Å². The first kappa shape index (κ1) is 25.5. The van der Waals surface area contributed by atoms with Crippen molar-refractivity contribution in [3.05, 3.63) is 23.3 Å². The summed E-state index contributed by atoms with van der Waals surface area (Å²) in [6.45, 7) is 15.5. The molecule has 0 amide bonds. The molecule has 5 rings (SSSR count). The molecule has 0 aromatic rings. The van der Waals surface area contributed by atoms with Crippen LogP contribution in [0.25, 0.3) is 0 Å². The van der Waals surface area contributed by atoms with Gasteiger partial charge in [-0.2, -0.15) is 0 Å². The average molecular weight is 487 g/mol. The molecule has 0 aromatic heterocycles. The van der Waals surface area contributed by atoms with E-state index in [0.717, 1.165) is 36.8 Å². The highest BCUT2D eigenvalue weighted by atomic mass is 16.4. The summed E-state index contributed by atoms with van der Waals surface area (Å²) in [5.41, 5.74) is -0.514. The number of aliphatic hydroxyl groups is 3. The smallest absolute Gasteiger partial charge is 0.316 e. The van der Waals surface area contributed by atoms with E-state index in [4.69, 9.17) is 0 Å². The number of fused-ring (bicyclic) bond motifs is 6. The Morgan fingerprint density at radius 3 is 2.17 bits per heavy atom. The molecule has 5 aliphatic carbocycles. The molecule has 0 radical (unpaired) electrons. The molecule has 35 heavy (non-hydrogen) atoms. The average Bonchev–Trinajstić information content (AvgIpc) is 2.73. The Hall–Kier alpha value is -1.17. The van der Waals surface area contributed by atoms with Gasteiger partial charge in [0, 0.05) is 5.41 Å². The third-order valence-corrected chi connectivity index (χ3v) is 12.6. The van der Waals surface area contributed by atoms with Crippen LogP contribution in [0.5, 0.6) is 0 Å². The minimum atomic E-state index is -1.42. The number of aliphatic hydroxyl groups excluding tert-OH is 3. The Kier molecular flexibility index (Phi) is 5.26. The van der Waals surface area contributed by atoms with Gasteiger partial charge in [0.2, 0.25) is 0 Å². The molecule has 0 aliphatic heterocycles. The van der Waals surface area contributed by atoms with Gasteiger partial charge < -0.3 is 20.4 Å². The molecule has 0 aromatic carbocycles. The lowest BCUT2D eigenvalue weighted by Gasteiger charge is -2.69. The standard InChI is InChI=1S/C30H46O5/c1-25(2)14-18-17-8-9-20-27(5)12-11-21(31)26(3,4)19(27)10-13-28(20,6)29(17,7)15-23(33)30(18,24(34)35)16-22(25)32/h8-9,19-23,31-33H,10-16H2,1-7H3,(H,34,35). The van der Waals surface area contributed by atoms with E-state index in [1.54, 1.807) is 0 Å². The first-order valence-corrected chi connectivity index (χ1v) is 13.7. The number of hydrogen-bond donors (Lipinski definition) is 4. The summed E-state index contributed by atoms with van der Waals surface area (Å²) < 4.78 is 0. The van der Waals surface area contributed by atoms with Crippen molar-refractivity contribution in [2.45, 2.75) is 112 Å². The van der Waals surface area contributed by atoms with E-state index < -0.39 is 29.0 Å². The molecule has 0 bridgehead atoms. The molecule has 4 N–H and O–H groups in total. The van der Waals surface area contributed by atoms with Gasteiger partial charge in [0.1, 0.15) is 5.41 Å². The van der Waals surface area contributed by atoms with Crippen LogP contribution < -0.4 is 0 Å². The fourth-order valence-electron chi connectivity index (χ4n) is 10.0. The molecule has 9 unspecified atom stereocenters. The quantitative estimate of drug-likeness (QED) is 0.414. The Labute approximate surface area is 210 Å². The van der Waals surface area contributed by atoms with Crippen LogP contribution in [-0.2, 0) is 4.79 Å². The second kappa shape index (κ2) is 7.23. The Morgan fingerprint density at radius 1 is 0.886 bits per heavy atom. The maximum atomic E-state index is 12.8. The number of carboxylic acid groups (broad SMARTS) is 1. The van der Waals surface area contributed by atoms with Crippen molar-refractivity contribution in [1.82, 2.24) is 0 Å². The van der Waals surface area contributed by atoms with Crippen molar-refractivity contribution in [1.29, 1.82) is 0 Å². The number of carboxylic acids is 1. The van der Waals surface area contributed by atoms with Crippen LogP contribution in [0.3, 0.4) is 0 Å². The first-order chi connectivity index (χ1) is 16.0. The van der Waals surface area contributed by atoms with Gasteiger partial charge in [-0.15, -0.1) is 0 Å². The van der Waals surface area contributed by atoms with Gasteiger partial charge in [0.15, 0.2) is 0 Å². The van der Waals surface area contributed by atoms with Gasteiger partial charge in [-0.3, -0.25) is 4.79 Å². The van der Waals surface area contributed by atoms with Crippen molar-refractivity contribution in [3.63, 3.8) is 0 Å². The zero-order valence-electron chi connectivity index (χ0n) is 22.7. The number of allylic oxidation sites excluding steroid dienone is 3. The fourth-order valence-corrected chi connectivity index (χ4v) is 10.0. The van der Waals surface area contributed by atoms with Gasteiger partial charge in [0.05, 0.1) is 18.3 Å². The third kappa shape index (κ3) is 2.89. The van der Waals surface area contributed by atoms with E-state index in [1.807, 2.05) is 13.8 Å². The second-order valence-electron chi connectivity index (χ2n) is 14.8. The summed E-state index contributed by atoms with van der Waals surface area (Å²) in [5, 5.41) is 43.9. The summed E-state index contributed by atoms with van der Waals surface area (Å²) in [6.07, 6.45) is 7.24. The summed E-state index contributed by atoms with van der Waals surface area (Å²) in [7, 11) is 0. The fraction of sp³-hybridized carbons (Fsp3) is 0.833. The minimum Gasteiger partial charge on any atom is -0.481 e. The zero-order chi connectivity index (χ0) is 26.0. The summed E-state index contributed by atoms with van der Waals surface area (Å²) in [6, 6.07) is 0. The molecule has 0 saturated heterocycles. The molecular weight excluding hydrogens is 440 g/mol. The Balaban J connectivity index is 1.71. The molecule has 3 saturated carbocycles. The molecule has 5 nitrogen and oxygen atoms in total. The van der Waals surface area contributed by atoms with Crippen molar-refractivity contribution < 1.29 is 25.2 Å². The van der Waals surface area contributed by atoms with Crippen LogP contribution in [0.2, 0.25) is 0 Å². The number of rotatable bonds is 1. The SMILES string of the molecule is CC1(C)CC2=C3C=CC4C5(C)CCC(O)C(C)(C)C5CCC4(C)C3(C)CC(O)C2(C(=O)O)CC1O. The monoisotopic (exact) mass is 486 g/mol. The highest BCUT2D eigenvalue weighted by Gasteiger charge is 2.69. The van der Waals surface area contributed by atoms with E-state index in [2.05, 4.69) is 46.8 Å². The maximum Gasteiger partial charge on any atom is 0.316 e. The molecule has 9 atom stereocenters. The molecular formula is C30H46O5. The molecule has 0 spiro atoms. The van der Waals surface area contributed by atoms with Crippen LogP contribution in [0.1, 0.15) is 93.4 Å². The van der Waals surface area contributed by atoms with E-state index in [1.165, 1.54) is 0 Å². The Morgan fingerprint density at radius 2 is 1.54 bits per heavy atom. The lowest BCUT2D eigenvalue weighted by Crippen LogP contribution is -2.65. The van der Waals surface area contributed by atoms with E-state index in [9.17, 15) is 25.2 Å². The number of aliphatic carboxylic acids is 1. The largest absolute Gasteiger partial charge is 0.481 e. The number of hydrogen-bond acceptors (Lipinski definition) is 4. The van der Waals surface area contributed by atoms with Gasteiger partial charge in [-0.05, 0) is 89.6 Å². The summed E-state index contributed by atoms with van der Waals surface area (Å²) in [4.78, 5) is 12.8. The van der Waals surface area contributed by atoms with Crippen LogP contribution in [-0.4, -0.2) is 44.7 Å². The molecule has 5 heteroatoms. The van der Waals surface area contributed by atoms with Crippen molar-refractivity contribution in [2.24, 2.45) is 44.3 Å². The summed E-state index contributed by atoms with van der Waals surface area (Å²) in [5.74, 6) is -0.306. The lowest BCUT2D eigenvalue weighted by molar-refractivity contribution is -0.193. The van der Waals surface area contributed by atoms with Crippen LogP contribution in [0, 0.1) is 44.3 Å². The Bertz CT molecular complexity index is 1010. The van der Waals surface area contributed by atoms with Crippen LogP contribution in [0.15, 0.2) is 23.3 Å². The predicted octanol–water partition coefficient (Wildman–Crippen LogP) is 5.10. The van der Waals surface area contributed by atoms with Gasteiger partial charge in [0.25, 0.3) is 0 Å². The molecule has 3 fully saturated rings. The van der Waals surface area contributed by atoms with Crippen molar-refractivity contribution >= 4 is 5.97 Å². The molecule has 5 aliphatic rings. The third-order valence-electron chi connectivity index (χ3n) is 12.6. The predicted molar refractivity (Wildman–Crippen MR) is 135 cm³/mol. The lowest BCUT2D eigenvalue weighted by atomic mass is 9.35. The molecule has 196 valence electrons. The van der Waals surface area contributed by atoms with E-state index >= 15 is 0 Å². The second-order valence-corrected chi connectivity index (χ2v) is 14.8. The number of carbonyl (C=O) groups is 1. The summed E-state index contributed by atoms with van der Waals surface area (Å²) >= 11 is 0. The topological polar surface area (TPSA) is 98.0 Å². The van der Waals surface area contributed by atoms with Crippen molar-refractivity contribution in [3.8, 4) is 0 Å². The van der Waals surface area contributed by atoms with Crippen molar-refractivity contribution in [2.75, 3.05) is 0 Å². The van der Waals surface area contributed by atoms with Gasteiger partial charge >= 0.3 is 5.97 Å². The van der Waals surface area contributed by atoms with Gasteiger partial charge in [-0.1, -0.05) is 60.6 Å². The first-order valence-electron chi connectivity index (χ1n) is 13.7. The van der Waals surface area contributed by atoms with E-state index in [-0.39, 0.29) is 34.2 Å².